The summed E-state index contributed by atoms with van der Waals surface area (Å²) >= 11 is 0. The van der Waals surface area contributed by atoms with Crippen LogP contribution in [0.1, 0.15) is 11.1 Å². The molecule has 0 fully saturated rings. The Kier molecular flexibility index (Phi) is 3.61. The maximum atomic E-state index is 12.9. The van der Waals surface area contributed by atoms with Gasteiger partial charge in [-0.05, 0) is 17.7 Å². The van der Waals surface area contributed by atoms with Crippen LogP contribution in [0.4, 0.5) is 13.2 Å². The zero-order valence-corrected chi connectivity index (χ0v) is 10.8. The van der Waals surface area contributed by atoms with E-state index in [1.807, 2.05) is 0 Å². The second kappa shape index (κ2) is 5.07. The number of rotatable bonds is 3. The lowest BCUT2D eigenvalue weighted by Gasteiger charge is -2.12. The highest BCUT2D eigenvalue weighted by Gasteiger charge is 2.35. The van der Waals surface area contributed by atoms with Crippen molar-refractivity contribution < 1.29 is 27.4 Å². The molecule has 0 aliphatic rings. The number of alkyl halides is 3. The van der Waals surface area contributed by atoms with Crippen LogP contribution in [0, 0.1) is 0 Å². The summed E-state index contributed by atoms with van der Waals surface area (Å²) in [5, 5.41) is 0.500. The van der Waals surface area contributed by atoms with Gasteiger partial charge in [0.05, 0.1) is 26.2 Å². The summed E-state index contributed by atoms with van der Waals surface area (Å²) in [6.45, 7) is 0. The predicted molar refractivity (Wildman–Crippen MR) is 65.6 cm³/mol. The Labute approximate surface area is 112 Å². The van der Waals surface area contributed by atoms with Gasteiger partial charge in [0.1, 0.15) is 5.75 Å². The molecule has 0 amide bonds. The number of fused-ring (bicyclic) bond motifs is 1. The summed E-state index contributed by atoms with van der Waals surface area (Å²) in [6.07, 6.45) is -3.04. The van der Waals surface area contributed by atoms with E-state index >= 15 is 0 Å². The molecule has 1 aromatic heterocycles. The summed E-state index contributed by atoms with van der Waals surface area (Å²) in [6, 6.07) is 2.24. The van der Waals surface area contributed by atoms with Crippen molar-refractivity contribution in [3.63, 3.8) is 0 Å². The van der Waals surface area contributed by atoms with Crippen molar-refractivity contribution in [2.75, 3.05) is 14.2 Å². The lowest BCUT2D eigenvalue weighted by atomic mass is 10.1. The first kappa shape index (κ1) is 14.2. The van der Waals surface area contributed by atoms with Crippen LogP contribution in [0.5, 0.6) is 5.75 Å². The third-order valence-electron chi connectivity index (χ3n) is 2.96. The summed E-state index contributed by atoms with van der Waals surface area (Å²) in [5.41, 5.74) is -0.0186. The quantitative estimate of drug-likeness (QED) is 0.883. The molecule has 0 unspecified atom stereocenters. The average Bonchev–Trinajstić information content (AvgIpc) is 2.78. The number of esters is 1. The molecule has 2 rings (SSSR count). The van der Waals surface area contributed by atoms with Crippen LogP contribution in [0.2, 0.25) is 0 Å². The molecule has 0 radical (unpaired) electrons. The van der Waals surface area contributed by atoms with Crippen molar-refractivity contribution >= 4 is 16.9 Å². The van der Waals surface area contributed by atoms with E-state index in [1.165, 1.54) is 26.5 Å². The zero-order chi connectivity index (χ0) is 14.9. The SMILES string of the molecule is COC(=O)Cc1c[nH]c2cc(C(F)(F)F)c(OC)cc12. The largest absolute Gasteiger partial charge is 0.496 e. The Hall–Kier alpha value is -2.18. The first-order chi connectivity index (χ1) is 9.36. The molecule has 108 valence electrons. The van der Waals surface area contributed by atoms with Gasteiger partial charge in [-0.1, -0.05) is 0 Å². The maximum absolute atomic E-state index is 12.9. The number of nitrogens with one attached hydrogen (secondary N) is 1. The number of aromatic nitrogens is 1. The molecular weight excluding hydrogens is 275 g/mol. The van der Waals surface area contributed by atoms with Crippen LogP contribution in [0.15, 0.2) is 18.3 Å². The normalized spacial score (nSPS) is 11.7. The minimum absolute atomic E-state index is 0.0228. The van der Waals surface area contributed by atoms with Gasteiger partial charge in [-0.25, -0.2) is 0 Å². The van der Waals surface area contributed by atoms with Gasteiger partial charge in [0, 0.05) is 17.1 Å². The molecule has 0 saturated heterocycles. The van der Waals surface area contributed by atoms with Crippen molar-refractivity contribution in [1.29, 1.82) is 0 Å². The predicted octanol–water partition coefficient (Wildman–Crippen LogP) is 2.91. The first-order valence-corrected chi connectivity index (χ1v) is 5.68. The number of carbonyl (C=O) groups is 1. The highest BCUT2D eigenvalue weighted by Crippen LogP contribution is 2.39. The van der Waals surface area contributed by atoms with E-state index in [0.717, 1.165) is 6.07 Å². The highest BCUT2D eigenvalue weighted by molar-refractivity contribution is 5.89. The Balaban J connectivity index is 2.55. The Bertz CT molecular complexity index is 646. The topological polar surface area (TPSA) is 51.3 Å². The van der Waals surface area contributed by atoms with Crippen LogP contribution in [-0.4, -0.2) is 25.2 Å². The fourth-order valence-corrected chi connectivity index (χ4v) is 1.97. The van der Waals surface area contributed by atoms with Crippen molar-refractivity contribution in [1.82, 2.24) is 4.98 Å². The van der Waals surface area contributed by atoms with E-state index in [9.17, 15) is 18.0 Å². The molecule has 20 heavy (non-hydrogen) atoms. The number of benzene rings is 1. The van der Waals surface area contributed by atoms with E-state index in [0.29, 0.717) is 10.9 Å². The third-order valence-corrected chi connectivity index (χ3v) is 2.96. The van der Waals surface area contributed by atoms with E-state index in [-0.39, 0.29) is 17.7 Å². The molecule has 0 spiro atoms. The standard InChI is InChI=1S/C13H12F3NO3/c1-19-11-4-8-7(3-12(18)20-2)6-17-10(8)5-9(11)13(14,15)16/h4-6,17H,3H2,1-2H3. The van der Waals surface area contributed by atoms with Crippen LogP contribution in [0.3, 0.4) is 0 Å². The molecule has 0 aliphatic carbocycles. The molecule has 7 heteroatoms. The zero-order valence-electron chi connectivity index (χ0n) is 10.8. The van der Waals surface area contributed by atoms with E-state index in [4.69, 9.17) is 4.74 Å². The van der Waals surface area contributed by atoms with E-state index in [1.54, 1.807) is 0 Å². The fraction of sp³-hybridized carbons (Fsp3) is 0.308. The smallest absolute Gasteiger partial charge is 0.420 e. The summed E-state index contributed by atoms with van der Waals surface area (Å²) in [4.78, 5) is 14.0. The maximum Gasteiger partial charge on any atom is 0.420 e. The van der Waals surface area contributed by atoms with Gasteiger partial charge >= 0.3 is 12.1 Å². The van der Waals surface area contributed by atoms with Crippen LogP contribution in [-0.2, 0) is 22.1 Å². The minimum Gasteiger partial charge on any atom is -0.496 e. The van der Waals surface area contributed by atoms with Gasteiger partial charge < -0.3 is 14.5 Å². The summed E-state index contributed by atoms with van der Waals surface area (Å²) in [7, 11) is 2.42. The third kappa shape index (κ3) is 2.56. The van der Waals surface area contributed by atoms with Crippen LogP contribution >= 0.6 is 0 Å². The van der Waals surface area contributed by atoms with E-state index in [2.05, 4.69) is 9.72 Å². The number of carbonyl (C=O) groups excluding carboxylic acids is 1. The van der Waals surface area contributed by atoms with Gasteiger partial charge in [-0.2, -0.15) is 13.2 Å². The van der Waals surface area contributed by atoms with Gasteiger partial charge in [-0.3, -0.25) is 4.79 Å². The molecule has 0 saturated carbocycles. The molecule has 1 aromatic carbocycles. The molecular formula is C13H12F3NO3. The average molecular weight is 287 g/mol. The highest BCUT2D eigenvalue weighted by atomic mass is 19.4. The lowest BCUT2D eigenvalue weighted by molar-refractivity contribution is -0.140. The molecule has 4 nitrogen and oxygen atoms in total. The molecule has 1 N–H and O–H groups in total. The number of hydrogen-bond donors (Lipinski definition) is 1. The Morgan fingerprint density at radius 3 is 2.55 bits per heavy atom. The van der Waals surface area contributed by atoms with Gasteiger partial charge in [0.2, 0.25) is 0 Å². The van der Waals surface area contributed by atoms with Gasteiger partial charge in [0.25, 0.3) is 0 Å². The molecule has 0 bridgehead atoms. The number of halogens is 3. The van der Waals surface area contributed by atoms with Crippen molar-refractivity contribution in [3.8, 4) is 5.75 Å². The first-order valence-electron chi connectivity index (χ1n) is 5.68. The van der Waals surface area contributed by atoms with Crippen LogP contribution < -0.4 is 4.74 Å². The van der Waals surface area contributed by atoms with Crippen molar-refractivity contribution in [3.05, 3.63) is 29.5 Å². The number of methoxy groups -OCH3 is 2. The number of aromatic amines is 1. The summed E-state index contributed by atoms with van der Waals surface area (Å²) in [5.74, 6) is -0.750. The second-order valence-electron chi connectivity index (χ2n) is 4.16. The van der Waals surface area contributed by atoms with Gasteiger partial charge in [0.15, 0.2) is 0 Å². The van der Waals surface area contributed by atoms with Crippen LogP contribution in [0.25, 0.3) is 10.9 Å². The molecule has 0 atom stereocenters. The number of ether oxygens (including phenoxy) is 2. The minimum atomic E-state index is -4.51. The Morgan fingerprint density at radius 2 is 2.00 bits per heavy atom. The second-order valence-corrected chi connectivity index (χ2v) is 4.16. The number of H-pyrrole nitrogens is 1. The van der Waals surface area contributed by atoms with E-state index < -0.39 is 17.7 Å². The molecule has 1 heterocycles. The van der Waals surface area contributed by atoms with Crippen molar-refractivity contribution in [2.45, 2.75) is 12.6 Å². The fourth-order valence-electron chi connectivity index (χ4n) is 1.97. The molecule has 0 aliphatic heterocycles. The summed E-state index contributed by atoms with van der Waals surface area (Å²) < 4.78 is 47.9. The van der Waals surface area contributed by atoms with Gasteiger partial charge in [-0.15, -0.1) is 0 Å². The Morgan fingerprint density at radius 1 is 1.30 bits per heavy atom. The number of hydrogen-bond acceptors (Lipinski definition) is 3. The van der Waals surface area contributed by atoms with Crippen molar-refractivity contribution in [2.24, 2.45) is 0 Å². The molecule has 2 aromatic rings. The lowest BCUT2D eigenvalue weighted by Crippen LogP contribution is -2.07. The monoisotopic (exact) mass is 287 g/mol.